The zero-order valence-electron chi connectivity index (χ0n) is 23.5. The SMILES string of the molecule is Cc1cc(C(=O)N[C@H](CNC(=O)C(C)(C)N)Cc2ccc(-c3cn4cccc(Br)c4n3)cc2)ccc1OC(C)C. The van der Waals surface area contributed by atoms with Crippen molar-refractivity contribution in [1.29, 1.82) is 0 Å². The van der Waals surface area contributed by atoms with Gasteiger partial charge in [-0.3, -0.25) is 9.59 Å². The van der Waals surface area contributed by atoms with Gasteiger partial charge in [-0.1, -0.05) is 24.3 Å². The highest BCUT2D eigenvalue weighted by Gasteiger charge is 2.23. The Labute approximate surface area is 243 Å². The van der Waals surface area contributed by atoms with Crippen LogP contribution in [0.4, 0.5) is 0 Å². The highest BCUT2D eigenvalue weighted by molar-refractivity contribution is 9.10. The van der Waals surface area contributed by atoms with E-state index in [4.69, 9.17) is 15.5 Å². The van der Waals surface area contributed by atoms with Gasteiger partial charge in [0, 0.05) is 30.1 Å². The van der Waals surface area contributed by atoms with E-state index < -0.39 is 5.54 Å². The number of hydrogen-bond acceptors (Lipinski definition) is 5. The van der Waals surface area contributed by atoms with Crippen LogP contribution in [0.15, 0.2) is 71.5 Å². The second-order valence-corrected chi connectivity index (χ2v) is 11.7. The number of rotatable bonds is 10. The molecule has 2 amide bonds. The molecule has 4 aromatic rings. The number of nitrogens with zero attached hydrogens (tertiary/aromatic N) is 2. The molecule has 0 aliphatic heterocycles. The third kappa shape index (κ3) is 7.28. The molecule has 1 atom stereocenters. The van der Waals surface area contributed by atoms with Gasteiger partial charge in [-0.05, 0) is 98.4 Å². The Morgan fingerprint density at radius 3 is 2.48 bits per heavy atom. The predicted octanol–water partition coefficient (Wildman–Crippen LogP) is 5.05. The number of carbonyl (C=O) groups is 2. The third-order valence-corrected chi connectivity index (χ3v) is 7.02. The maximum atomic E-state index is 13.2. The number of nitrogens with one attached hydrogen (secondary N) is 2. The molecule has 0 unspecified atom stereocenters. The normalized spacial score (nSPS) is 12.4. The summed E-state index contributed by atoms with van der Waals surface area (Å²) in [5.41, 5.74) is 10.0. The van der Waals surface area contributed by atoms with Gasteiger partial charge in [0.1, 0.15) is 5.75 Å². The Kier molecular flexibility index (Phi) is 8.95. The molecule has 0 radical (unpaired) electrons. The highest BCUT2D eigenvalue weighted by Crippen LogP contribution is 2.24. The van der Waals surface area contributed by atoms with Gasteiger partial charge in [0.25, 0.3) is 5.91 Å². The molecule has 0 bridgehead atoms. The molecular weight excluding hydrogens is 570 g/mol. The third-order valence-electron chi connectivity index (χ3n) is 6.40. The van der Waals surface area contributed by atoms with E-state index in [2.05, 4.69) is 26.6 Å². The van der Waals surface area contributed by atoms with Crippen molar-refractivity contribution in [3.8, 4) is 17.0 Å². The van der Waals surface area contributed by atoms with Gasteiger partial charge in [0.05, 0.1) is 27.9 Å². The lowest BCUT2D eigenvalue weighted by Crippen LogP contribution is -2.53. The number of fused-ring (bicyclic) bond motifs is 1. The van der Waals surface area contributed by atoms with Crippen LogP contribution in [0.5, 0.6) is 5.75 Å². The molecule has 0 aliphatic carbocycles. The van der Waals surface area contributed by atoms with E-state index in [1.807, 2.05) is 86.1 Å². The quantitative estimate of drug-likeness (QED) is 0.234. The summed E-state index contributed by atoms with van der Waals surface area (Å²) < 4.78 is 8.71. The van der Waals surface area contributed by atoms with Crippen LogP contribution in [0.1, 0.15) is 49.2 Å². The molecule has 40 heavy (non-hydrogen) atoms. The molecule has 0 saturated carbocycles. The highest BCUT2D eigenvalue weighted by atomic mass is 79.9. The van der Waals surface area contributed by atoms with Crippen molar-refractivity contribution in [3.63, 3.8) is 0 Å². The number of pyridine rings is 1. The smallest absolute Gasteiger partial charge is 0.251 e. The maximum Gasteiger partial charge on any atom is 0.251 e. The molecular formula is C31H36BrN5O3. The first-order chi connectivity index (χ1) is 18.9. The van der Waals surface area contributed by atoms with Crippen molar-refractivity contribution < 1.29 is 14.3 Å². The van der Waals surface area contributed by atoms with Crippen LogP contribution in [0, 0.1) is 6.92 Å². The number of imidazole rings is 1. The monoisotopic (exact) mass is 605 g/mol. The van der Waals surface area contributed by atoms with Gasteiger partial charge in [0.2, 0.25) is 5.91 Å². The minimum absolute atomic E-state index is 0.0409. The molecule has 8 nitrogen and oxygen atoms in total. The summed E-state index contributed by atoms with van der Waals surface area (Å²) in [5.74, 6) is 0.238. The number of halogens is 1. The van der Waals surface area contributed by atoms with E-state index in [1.54, 1.807) is 19.9 Å². The summed E-state index contributed by atoms with van der Waals surface area (Å²) in [6, 6.07) is 17.0. The van der Waals surface area contributed by atoms with Crippen molar-refractivity contribution in [2.45, 2.75) is 58.7 Å². The number of nitrogens with two attached hydrogens (primary N) is 1. The molecule has 2 aromatic carbocycles. The van der Waals surface area contributed by atoms with Crippen LogP contribution >= 0.6 is 15.9 Å². The van der Waals surface area contributed by atoms with Crippen LogP contribution < -0.4 is 21.1 Å². The minimum atomic E-state index is -1.03. The van der Waals surface area contributed by atoms with E-state index in [0.717, 1.165) is 38.3 Å². The van der Waals surface area contributed by atoms with Gasteiger partial charge in [0.15, 0.2) is 5.65 Å². The molecule has 0 fully saturated rings. The van der Waals surface area contributed by atoms with Crippen LogP contribution in [0.2, 0.25) is 0 Å². The van der Waals surface area contributed by atoms with Crippen molar-refractivity contribution >= 4 is 33.4 Å². The predicted molar refractivity (Wildman–Crippen MR) is 162 cm³/mol. The van der Waals surface area contributed by atoms with Crippen LogP contribution in [0.25, 0.3) is 16.9 Å². The number of benzene rings is 2. The second-order valence-electron chi connectivity index (χ2n) is 10.9. The van der Waals surface area contributed by atoms with E-state index >= 15 is 0 Å². The maximum absolute atomic E-state index is 13.2. The number of aromatic nitrogens is 2. The van der Waals surface area contributed by atoms with Gasteiger partial charge in [-0.25, -0.2) is 4.98 Å². The molecule has 210 valence electrons. The summed E-state index contributed by atoms with van der Waals surface area (Å²) in [5, 5.41) is 5.97. The average molecular weight is 607 g/mol. The largest absolute Gasteiger partial charge is 0.491 e. The van der Waals surface area contributed by atoms with Gasteiger partial charge in [-0.15, -0.1) is 0 Å². The van der Waals surface area contributed by atoms with E-state index in [0.29, 0.717) is 12.0 Å². The summed E-state index contributed by atoms with van der Waals surface area (Å²) in [6.07, 6.45) is 4.50. The van der Waals surface area contributed by atoms with Crippen LogP contribution in [-0.2, 0) is 11.2 Å². The summed E-state index contributed by atoms with van der Waals surface area (Å²) in [4.78, 5) is 30.4. The van der Waals surface area contributed by atoms with Crippen molar-refractivity contribution in [2.24, 2.45) is 5.73 Å². The first-order valence-corrected chi connectivity index (χ1v) is 14.1. The minimum Gasteiger partial charge on any atom is -0.491 e. The lowest BCUT2D eigenvalue weighted by Gasteiger charge is -2.23. The number of aryl methyl sites for hydroxylation is 1. The standard InChI is InChI=1S/C31H36BrN5O3/c1-19(2)40-27-13-12-23(15-20(27)3)29(38)35-24(17-34-30(39)31(4,5)33)16-21-8-10-22(11-9-21)26-18-37-14-6-7-25(32)28(37)36-26/h6-15,18-19,24H,16-17,33H2,1-5H3,(H,34,39)(H,35,38)/t24-/m0/s1. The molecule has 2 heterocycles. The fourth-order valence-corrected chi connectivity index (χ4v) is 4.72. The Bertz CT molecular complexity index is 1510. The Balaban J connectivity index is 1.51. The molecule has 2 aromatic heterocycles. The van der Waals surface area contributed by atoms with Crippen LogP contribution in [0.3, 0.4) is 0 Å². The number of ether oxygens (including phenoxy) is 1. The number of hydrogen-bond donors (Lipinski definition) is 3. The first-order valence-electron chi connectivity index (χ1n) is 13.3. The Morgan fingerprint density at radius 2 is 1.85 bits per heavy atom. The van der Waals surface area contributed by atoms with E-state index in [9.17, 15) is 9.59 Å². The van der Waals surface area contributed by atoms with Crippen molar-refractivity contribution in [2.75, 3.05) is 6.54 Å². The lowest BCUT2D eigenvalue weighted by molar-refractivity contribution is -0.125. The summed E-state index contributed by atoms with van der Waals surface area (Å²) >= 11 is 3.55. The molecule has 0 spiro atoms. The van der Waals surface area contributed by atoms with Gasteiger partial charge in [-0.2, -0.15) is 0 Å². The fourth-order valence-electron chi connectivity index (χ4n) is 4.28. The number of carbonyl (C=O) groups excluding carboxylic acids is 2. The van der Waals surface area contributed by atoms with Crippen molar-refractivity contribution in [3.05, 3.63) is 88.2 Å². The average Bonchev–Trinajstić information content (AvgIpc) is 3.33. The molecule has 4 rings (SSSR count). The fraction of sp³-hybridized carbons (Fsp3) is 0.323. The molecule has 4 N–H and O–H groups in total. The zero-order chi connectivity index (χ0) is 29.0. The molecule has 0 aliphatic rings. The van der Waals surface area contributed by atoms with E-state index in [-0.39, 0.29) is 30.5 Å². The second kappa shape index (κ2) is 12.2. The lowest BCUT2D eigenvalue weighted by atomic mass is 10.0. The topological polar surface area (TPSA) is 111 Å². The van der Waals surface area contributed by atoms with Gasteiger partial charge < -0.3 is 25.5 Å². The van der Waals surface area contributed by atoms with Gasteiger partial charge >= 0.3 is 0 Å². The van der Waals surface area contributed by atoms with Crippen LogP contribution in [-0.4, -0.2) is 45.4 Å². The summed E-state index contributed by atoms with van der Waals surface area (Å²) in [6.45, 7) is 9.38. The molecule has 0 saturated heterocycles. The van der Waals surface area contributed by atoms with Crippen molar-refractivity contribution in [1.82, 2.24) is 20.0 Å². The van der Waals surface area contributed by atoms with E-state index in [1.165, 1.54) is 0 Å². The summed E-state index contributed by atoms with van der Waals surface area (Å²) in [7, 11) is 0. The zero-order valence-corrected chi connectivity index (χ0v) is 25.1. The first kappa shape index (κ1) is 29.3. The number of amides is 2. The Morgan fingerprint density at radius 1 is 1.12 bits per heavy atom. The molecule has 9 heteroatoms. The Hall–Kier alpha value is -3.69.